The molecule has 5 nitrogen and oxygen atoms in total. The fraction of sp³-hybridized carbons (Fsp3) is 0.739. The zero-order valence-corrected chi connectivity index (χ0v) is 18.8. The Hall–Kier alpha value is -1.24. The van der Waals surface area contributed by atoms with E-state index in [1.807, 2.05) is 0 Å². The number of anilines is 1. The SMILES string of the molecule is CN(CCCC(N)c1nc(N2CCCCCC2)c2sccc2n1)C1CCCCC1. The van der Waals surface area contributed by atoms with Crippen molar-refractivity contribution in [2.75, 3.05) is 31.6 Å². The lowest BCUT2D eigenvalue weighted by atomic mass is 9.94. The normalized spacial score (nSPS) is 20.3. The Morgan fingerprint density at radius 1 is 1.10 bits per heavy atom. The van der Waals surface area contributed by atoms with E-state index >= 15 is 0 Å². The third-order valence-corrected chi connectivity index (χ3v) is 7.66. The summed E-state index contributed by atoms with van der Waals surface area (Å²) in [5.41, 5.74) is 7.65. The molecule has 29 heavy (non-hydrogen) atoms. The van der Waals surface area contributed by atoms with Crippen LogP contribution in [0.5, 0.6) is 0 Å². The molecule has 1 atom stereocenters. The molecule has 0 aromatic carbocycles. The fourth-order valence-corrected chi connectivity index (χ4v) is 5.77. The maximum atomic E-state index is 6.59. The number of thiophene rings is 1. The van der Waals surface area contributed by atoms with E-state index in [0.29, 0.717) is 0 Å². The molecule has 0 radical (unpaired) electrons. The first-order valence-electron chi connectivity index (χ1n) is 11.7. The van der Waals surface area contributed by atoms with Gasteiger partial charge in [-0.1, -0.05) is 32.1 Å². The van der Waals surface area contributed by atoms with Crippen LogP contribution in [0.2, 0.25) is 0 Å². The van der Waals surface area contributed by atoms with E-state index < -0.39 is 0 Å². The molecule has 2 aliphatic rings. The van der Waals surface area contributed by atoms with Crippen LogP contribution in [-0.2, 0) is 0 Å². The fourth-order valence-electron chi connectivity index (χ4n) is 4.92. The molecule has 1 aliphatic heterocycles. The maximum absolute atomic E-state index is 6.59. The van der Waals surface area contributed by atoms with Gasteiger partial charge in [-0.05, 0) is 63.6 Å². The van der Waals surface area contributed by atoms with E-state index in [4.69, 9.17) is 15.7 Å². The lowest BCUT2D eigenvalue weighted by molar-refractivity contribution is 0.187. The summed E-state index contributed by atoms with van der Waals surface area (Å²) >= 11 is 1.76. The zero-order chi connectivity index (χ0) is 20.1. The Labute approximate surface area is 179 Å². The van der Waals surface area contributed by atoms with Crippen LogP contribution in [0.4, 0.5) is 5.82 Å². The number of aromatic nitrogens is 2. The van der Waals surface area contributed by atoms with Crippen molar-refractivity contribution < 1.29 is 0 Å². The smallest absolute Gasteiger partial charge is 0.150 e. The van der Waals surface area contributed by atoms with Gasteiger partial charge in [-0.25, -0.2) is 9.97 Å². The molecule has 0 spiro atoms. The number of hydrogen-bond acceptors (Lipinski definition) is 6. The summed E-state index contributed by atoms with van der Waals surface area (Å²) in [6.07, 6.45) is 14.1. The van der Waals surface area contributed by atoms with Crippen LogP contribution in [-0.4, -0.2) is 47.6 Å². The lowest BCUT2D eigenvalue weighted by Crippen LogP contribution is -2.34. The van der Waals surface area contributed by atoms with Crippen LogP contribution >= 0.6 is 11.3 Å². The maximum Gasteiger partial charge on any atom is 0.150 e. The van der Waals surface area contributed by atoms with Gasteiger partial charge in [0.2, 0.25) is 0 Å². The van der Waals surface area contributed by atoms with Gasteiger partial charge in [0.25, 0.3) is 0 Å². The van der Waals surface area contributed by atoms with Crippen molar-refractivity contribution in [3.8, 4) is 0 Å². The quantitative estimate of drug-likeness (QED) is 0.680. The zero-order valence-electron chi connectivity index (χ0n) is 18.0. The molecule has 1 saturated carbocycles. The summed E-state index contributed by atoms with van der Waals surface area (Å²) in [6, 6.07) is 2.81. The topological polar surface area (TPSA) is 58.3 Å². The summed E-state index contributed by atoms with van der Waals surface area (Å²) in [7, 11) is 2.28. The van der Waals surface area contributed by atoms with Crippen LogP contribution < -0.4 is 10.6 Å². The van der Waals surface area contributed by atoms with E-state index in [0.717, 1.165) is 55.7 Å². The molecule has 2 fully saturated rings. The van der Waals surface area contributed by atoms with Gasteiger partial charge >= 0.3 is 0 Å². The Morgan fingerprint density at radius 3 is 2.59 bits per heavy atom. The molecule has 4 rings (SSSR count). The standard InChI is InChI=1S/C23H37N5S/c1-27(18-10-5-4-6-11-18)14-9-12-19(24)22-25-20-13-17-29-21(20)23(26-22)28-15-7-2-3-8-16-28/h13,17-19H,2-12,14-16,24H2,1H3. The van der Waals surface area contributed by atoms with Gasteiger partial charge in [0, 0.05) is 19.1 Å². The average molecular weight is 416 g/mol. The minimum Gasteiger partial charge on any atom is -0.355 e. The second-order valence-corrected chi connectivity index (χ2v) is 9.88. The van der Waals surface area contributed by atoms with Crippen LogP contribution in [0.3, 0.4) is 0 Å². The molecule has 2 aromatic rings. The average Bonchev–Trinajstić information content (AvgIpc) is 3.07. The van der Waals surface area contributed by atoms with Crippen molar-refractivity contribution in [2.45, 2.75) is 82.7 Å². The number of fused-ring (bicyclic) bond motifs is 1. The third-order valence-electron chi connectivity index (χ3n) is 6.76. The van der Waals surface area contributed by atoms with E-state index in [1.165, 1.54) is 62.5 Å². The summed E-state index contributed by atoms with van der Waals surface area (Å²) in [5, 5.41) is 2.13. The molecular weight excluding hydrogens is 378 g/mol. The second kappa shape index (κ2) is 10.2. The van der Waals surface area contributed by atoms with Gasteiger partial charge in [0.1, 0.15) is 11.6 Å². The Kier molecular flexibility index (Phi) is 7.38. The predicted octanol–water partition coefficient (Wildman–Crippen LogP) is 5.12. The first kappa shape index (κ1) is 21.0. The summed E-state index contributed by atoms with van der Waals surface area (Å²) in [6.45, 7) is 3.33. The van der Waals surface area contributed by atoms with E-state index in [1.54, 1.807) is 11.3 Å². The molecule has 1 aliphatic carbocycles. The van der Waals surface area contributed by atoms with Crippen molar-refractivity contribution in [3.63, 3.8) is 0 Å². The van der Waals surface area contributed by atoms with Crippen molar-refractivity contribution in [1.29, 1.82) is 0 Å². The van der Waals surface area contributed by atoms with E-state index in [-0.39, 0.29) is 6.04 Å². The van der Waals surface area contributed by atoms with Gasteiger partial charge in [-0.15, -0.1) is 11.3 Å². The molecule has 2 N–H and O–H groups in total. The van der Waals surface area contributed by atoms with Gasteiger partial charge in [0.15, 0.2) is 0 Å². The molecule has 6 heteroatoms. The van der Waals surface area contributed by atoms with Gasteiger partial charge in [-0.2, -0.15) is 0 Å². The first-order valence-corrected chi connectivity index (χ1v) is 12.6. The minimum atomic E-state index is -0.0789. The highest BCUT2D eigenvalue weighted by Gasteiger charge is 2.21. The van der Waals surface area contributed by atoms with Crippen LogP contribution in [0.25, 0.3) is 10.2 Å². The number of hydrogen-bond donors (Lipinski definition) is 1. The number of rotatable bonds is 7. The Morgan fingerprint density at radius 2 is 1.83 bits per heavy atom. The summed E-state index contributed by atoms with van der Waals surface area (Å²) in [5.74, 6) is 1.95. The molecule has 0 amide bonds. The van der Waals surface area contributed by atoms with Crippen LogP contribution in [0, 0.1) is 0 Å². The number of nitrogens with two attached hydrogens (primary N) is 1. The lowest BCUT2D eigenvalue weighted by Gasteiger charge is -2.31. The van der Waals surface area contributed by atoms with Crippen molar-refractivity contribution in [2.24, 2.45) is 5.73 Å². The van der Waals surface area contributed by atoms with Crippen LogP contribution in [0.1, 0.15) is 82.5 Å². The van der Waals surface area contributed by atoms with Crippen LogP contribution in [0.15, 0.2) is 11.4 Å². The highest BCUT2D eigenvalue weighted by Crippen LogP contribution is 2.32. The van der Waals surface area contributed by atoms with Crippen molar-refractivity contribution in [3.05, 3.63) is 17.3 Å². The van der Waals surface area contributed by atoms with Crippen molar-refractivity contribution in [1.82, 2.24) is 14.9 Å². The predicted molar refractivity (Wildman–Crippen MR) is 124 cm³/mol. The van der Waals surface area contributed by atoms with Crippen molar-refractivity contribution >= 4 is 27.4 Å². The second-order valence-electron chi connectivity index (χ2n) is 8.96. The highest BCUT2D eigenvalue weighted by atomic mass is 32.1. The summed E-state index contributed by atoms with van der Waals surface area (Å²) < 4.78 is 1.22. The molecule has 1 unspecified atom stereocenters. The molecule has 3 heterocycles. The van der Waals surface area contributed by atoms with Gasteiger partial charge in [-0.3, -0.25) is 0 Å². The molecule has 160 valence electrons. The van der Waals surface area contributed by atoms with E-state index in [2.05, 4.69) is 28.3 Å². The van der Waals surface area contributed by atoms with E-state index in [9.17, 15) is 0 Å². The molecule has 1 saturated heterocycles. The highest BCUT2D eigenvalue weighted by molar-refractivity contribution is 7.17. The Balaban J connectivity index is 1.41. The minimum absolute atomic E-state index is 0.0789. The molecule has 2 aromatic heterocycles. The number of nitrogens with zero attached hydrogens (tertiary/aromatic N) is 4. The van der Waals surface area contributed by atoms with Gasteiger partial charge < -0.3 is 15.5 Å². The molecule has 0 bridgehead atoms. The largest absolute Gasteiger partial charge is 0.355 e. The monoisotopic (exact) mass is 415 g/mol. The Bertz CT molecular complexity index is 762. The third kappa shape index (κ3) is 5.28. The summed E-state index contributed by atoms with van der Waals surface area (Å²) in [4.78, 5) is 14.9. The first-order chi connectivity index (χ1) is 14.2. The van der Waals surface area contributed by atoms with Gasteiger partial charge in [0.05, 0.1) is 16.3 Å². The molecular formula is C23H37N5S.